The Kier molecular flexibility index (Phi) is 4.06. The lowest BCUT2D eigenvalue weighted by Crippen LogP contribution is -2.18. The molecule has 1 aromatic carbocycles. The molecule has 4 heteroatoms. The van der Waals surface area contributed by atoms with Crippen LogP contribution in [0.3, 0.4) is 0 Å². The van der Waals surface area contributed by atoms with Crippen LogP contribution in [0.4, 0.5) is 5.69 Å². The molecule has 0 spiro atoms. The van der Waals surface area contributed by atoms with Gasteiger partial charge in [-0.05, 0) is 55.5 Å². The van der Waals surface area contributed by atoms with E-state index in [2.05, 4.69) is 4.98 Å². The lowest BCUT2D eigenvalue weighted by molar-refractivity contribution is 0.119. The molecule has 2 atom stereocenters. The van der Waals surface area contributed by atoms with Crippen molar-refractivity contribution < 1.29 is 9.84 Å². The minimum absolute atomic E-state index is 0.215. The van der Waals surface area contributed by atoms with Crippen molar-refractivity contribution >= 4 is 5.69 Å². The highest BCUT2D eigenvalue weighted by Crippen LogP contribution is 2.37. The van der Waals surface area contributed by atoms with E-state index in [0.717, 1.165) is 37.0 Å². The number of anilines is 1. The molecule has 1 aromatic heterocycles. The van der Waals surface area contributed by atoms with Gasteiger partial charge in [-0.15, -0.1) is 0 Å². The summed E-state index contributed by atoms with van der Waals surface area (Å²) in [5.74, 6) is 1.66. The Hall–Kier alpha value is -2.07. The van der Waals surface area contributed by atoms with Crippen LogP contribution < -0.4 is 10.5 Å². The third-order valence-corrected chi connectivity index (χ3v) is 3.98. The van der Waals surface area contributed by atoms with Gasteiger partial charge in [-0.25, -0.2) is 4.98 Å². The second-order valence-corrected chi connectivity index (χ2v) is 5.59. The SMILES string of the molecule is Nc1ccc(Oc2ncccc2[C@H]2CCC[C@H](O)C2)cc1. The van der Waals surface area contributed by atoms with Gasteiger partial charge >= 0.3 is 0 Å². The zero-order valence-corrected chi connectivity index (χ0v) is 11.9. The zero-order chi connectivity index (χ0) is 14.7. The van der Waals surface area contributed by atoms with Crippen LogP contribution in [0.15, 0.2) is 42.6 Å². The molecule has 0 saturated heterocycles. The number of nitrogens with two attached hydrogens (primary N) is 1. The average molecular weight is 284 g/mol. The van der Waals surface area contributed by atoms with Crippen molar-refractivity contribution in [1.29, 1.82) is 0 Å². The fourth-order valence-electron chi connectivity index (χ4n) is 2.89. The third kappa shape index (κ3) is 3.34. The molecule has 3 rings (SSSR count). The molecule has 2 aromatic rings. The Morgan fingerprint density at radius 2 is 1.95 bits per heavy atom. The van der Waals surface area contributed by atoms with Crippen molar-refractivity contribution in [1.82, 2.24) is 4.98 Å². The first-order valence-electron chi connectivity index (χ1n) is 7.39. The number of pyridine rings is 1. The minimum Gasteiger partial charge on any atom is -0.439 e. The fraction of sp³-hybridized carbons (Fsp3) is 0.353. The molecule has 0 amide bonds. The van der Waals surface area contributed by atoms with Gasteiger partial charge in [-0.1, -0.05) is 12.5 Å². The molecule has 1 heterocycles. The predicted molar refractivity (Wildman–Crippen MR) is 82.4 cm³/mol. The van der Waals surface area contributed by atoms with Gasteiger partial charge in [0.1, 0.15) is 5.75 Å². The Bertz CT molecular complexity index is 598. The molecule has 110 valence electrons. The number of ether oxygens (including phenoxy) is 1. The molecule has 21 heavy (non-hydrogen) atoms. The number of nitrogens with zero attached hydrogens (tertiary/aromatic N) is 1. The maximum absolute atomic E-state index is 9.88. The van der Waals surface area contributed by atoms with Crippen molar-refractivity contribution in [3.05, 3.63) is 48.2 Å². The largest absolute Gasteiger partial charge is 0.439 e. The number of aliphatic hydroxyl groups excluding tert-OH is 1. The molecule has 1 aliphatic carbocycles. The fourth-order valence-corrected chi connectivity index (χ4v) is 2.89. The van der Waals surface area contributed by atoms with Crippen molar-refractivity contribution in [2.45, 2.75) is 37.7 Å². The lowest BCUT2D eigenvalue weighted by atomic mass is 9.83. The van der Waals surface area contributed by atoms with Crippen LogP contribution in [0.1, 0.15) is 37.2 Å². The summed E-state index contributed by atoms with van der Waals surface area (Å²) in [5.41, 5.74) is 7.47. The van der Waals surface area contributed by atoms with Gasteiger partial charge in [-0.2, -0.15) is 0 Å². The molecule has 1 fully saturated rings. The number of rotatable bonds is 3. The van der Waals surface area contributed by atoms with Crippen LogP contribution in [0.25, 0.3) is 0 Å². The van der Waals surface area contributed by atoms with Crippen LogP contribution in [0.5, 0.6) is 11.6 Å². The molecule has 1 saturated carbocycles. The van der Waals surface area contributed by atoms with E-state index in [1.165, 1.54) is 0 Å². The summed E-state index contributed by atoms with van der Waals surface area (Å²) in [7, 11) is 0. The second-order valence-electron chi connectivity index (χ2n) is 5.59. The monoisotopic (exact) mass is 284 g/mol. The quantitative estimate of drug-likeness (QED) is 0.847. The van der Waals surface area contributed by atoms with Gasteiger partial charge in [-0.3, -0.25) is 0 Å². The van der Waals surface area contributed by atoms with Gasteiger partial charge in [0.2, 0.25) is 5.88 Å². The van der Waals surface area contributed by atoms with E-state index in [-0.39, 0.29) is 6.10 Å². The van der Waals surface area contributed by atoms with Gasteiger partial charge in [0.25, 0.3) is 0 Å². The number of nitrogen functional groups attached to an aromatic ring is 1. The molecule has 0 radical (unpaired) electrons. The molecule has 0 unspecified atom stereocenters. The van der Waals surface area contributed by atoms with Gasteiger partial charge < -0.3 is 15.6 Å². The van der Waals surface area contributed by atoms with E-state index in [9.17, 15) is 5.11 Å². The summed E-state index contributed by atoms with van der Waals surface area (Å²) in [6.07, 6.45) is 5.31. The molecule has 4 nitrogen and oxygen atoms in total. The topological polar surface area (TPSA) is 68.4 Å². The van der Waals surface area contributed by atoms with Gasteiger partial charge in [0.15, 0.2) is 0 Å². The normalized spacial score (nSPS) is 22.0. The van der Waals surface area contributed by atoms with Crippen LogP contribution in [0, 0.1) is 0 Å². The summed E-state index contributed by atoms with van der Waals surface area (Å²) < 4.78 is 5.90. The van der Waals surface area contributed by atoms with E-state index < -0.39 is 0 Å². The van der Waals surface area contributed by atoms with Crippen molar-refractivity contribution in [3.8, 4) is 11.6 Å². The third-order valence-electron chi connectivity index (χ3n) is 3.98. The molecule has 0 bridgehead atoms. The highest BCUT2D eigenvalue weighted by Gasteiger charge is 2.24. The number of hydrogen-bond acceptors (Lipinski definition) is 4. The van der Waals surface area contributed by atoms with Crippen LogP contribution in [0.2, 0.25) is 0 Å². The van der Waals surface area contributed by atoms with Crippen LogP contribution >= 0.6 is 0 Å². The second kappa shape index (κ2) is 6.14. The summed E-state index contributed by atoms with van der Waals surface area (Å²) in [6, 6.07) is 11.3. The van der Waals surface area contributed by atoms with Gasteiger partial charge in [0.05, 0.1) is 6.10 Å². The maximum Gasteiger partial charge on any atom is 0.222 e. The first-order valence-corrected chi connectivity index (χ1v) is 7.39. The number of aliphatic hydroxyl groups is 1. The highest BCUT2D eigenvalue weighted by atomic mass is 16.5. The molecular formula is C17H20N2O2. The van der Waals surface area contributed by atoms with E-state index in [1.807, 2.05) is 36.4 Å². The highest BCUT2D eigenvalue weighted by molar-refractivity contribution is 5.43. The summed E-state index contributed by atoms with van der Waals surface area (Å²) >= 11 is 0. The summed E-state index contributed by atoms with van der Waals surface area (Å²) in [5, 5.41) is 9.88. The van der Waals surface area contributed by atoms with E-state index in [4.69, 9.17) is 10.5 Å². The average Bonchev–Trinajstić information content (AvgIpc) is 2.50. The smallest absolute Gasteiger partial charge is 0.222 e. The zero-order valence-electron chi connectivity index (χ0n) is 11.9. The Labute approximate surface area is 124 Å². The van der Waals surface area contributed by atoms with Crippen LogP contribution in [-0.2, 0) is 0 Å². The summed E-state index contributed by atoms with van der Waals surface area (Å²) in [4.78, 5) is 4.36. The Morgan fingerprint density at radius 3 is 2.71 bits per heavy atom. The number of hydrogen-bond donors (Lipinski definition) is 2. The van der Waals surface area contributed by atoms with Crippen molar-refractivity contribution in [2.24, 2.45) is 0 Å². The Morgan fingerprint density at radius 1 is 1.14 bits per heavy atom. The van der Waals surface area contributed by atoms with E-state index in [1.54, 1.807) is 6.20 Å². The lowest BCUT2D eigenvalue weighted by Gasteiger charge is -2.27. The number of aromatic nitrogens is 1. The predicted octanol–water partition coefficient (Wildman–Crippen LogP) is 3.47. The van der Waals surface area contributed by atoms with Crippen molar-refractivity contribution in [3.63, 3.8) is 0 Å². The molecule has 1 aliphatic rings. The van der Waals surface area contributed by atoms with E-state index >= 15 is 0 Å². The van der Waals surface area contributed by atoms with Crippen LogP contribution in [-0.4, -0.2) is 16.2 Å². The van der Waals surface area contributed by atoms with E-state index in [0.29, 0.717) is 17.5 Å². The molecule has 3 N–H and O–H groups in total. The maximum atomic E-state index is 9.88. The standard InChI is InChI=1S/C17H20N2O2/c18-13-6-8-15(9-7-13)21-17-16(5-2-10-19-17)12-3-1-4-14(20)11-12/h2,5-10,12,14,20H,1,3-4,11,18H2/t12-,14-/m0/s1. The number of benzene rings is 1. The molecular weight excluding hydrogens is 264 g/mol. The molecule has 0 aliphatic heterocycles. The Balaban J connectivity index is 1.83. The minimum atomic E-state index is -0.215. The van der Waals surface area contributed by atoms with Crippen molar-refractivity contribution in [2.75, 3.05) is 5.73 Å². The summed E-state index contributed by atoms with van der Waals surface area (Å²) in [6.45, 7) is 0. The first-order chi connectivity index (χ1) is 10.2. The first kappa shape index (κ1) is 13.9. The van der Waals surface area contributed by atoms with Gasteiger partial charge in [0, 0.05) is 17.4 Å².